The zero-order chi connectivity index (χ0) is 24.7. The number of nitrogens with zero attached hydrogens (tertiary/aromatic N) is 1. The zero-order valence-corrected chi connectivity index (χ0v) is 19.9. The van der Waals surface area contributed by atoms with Gasteiger partial charge in [-0.3, -0.25) is 0 Å². The number of ether oxygens (including phenoxy) is 3. The molecule has 5 rings (SSSR count). The lowest BCUT2D eigenvalue weighted by atomic mass is 10.0. The lowest BCUT2D eigenvalue weighted by Crippen LogP contribution is -2.02. The third-order valence-corrected chi connectivity index (χ3v) is 5.85. The number of benzene rings is 4. The number of carbonyl (C=O) groups excluding carboxylic acids is 1. The molecule has 0 amide bonds. The molecule has 1 aromatic heterocycles. The van der Waals surface area contributed by atoms with E-state index in [1.54, 1.807) is 18.2 Å². The molecule has 5 heteroatoms. The Morgan fingerprint density at radius 3 is 2.19 bits per heavy atom. The van der Waals surface area contributed by atoms with Gasteiger partial charge < -0.3 is 14.2 Å². The van der Waals surface area contributed by atoms with E-state index in [1.165, 1.54) is 7.11 Å². The Morgan fingerprint density at radius 1 is 0.694 bits per heavy atom. The van der Waals surface area contributed by atoms with Gasteiger partial charge in [-0.2, -0.15) is 0 Å². The van der Waals surface area contributed by atoms with E-state index in [1.807, 2.05) is 66.7 Å². The van der Waals surface area contributed by atoms with Gasteiger partial charge in [-0.15, -0.1) is 0 Å². The Labute approximate surface area is 209 Å². The third kappa shape index (κ3) is 5.53. The van der Waals surface area contributed by atoms with Crippen LogP contribution in [0.2, 0.25) is 0 Å². The number of fused-ring (bicyclic) bond motifs is 1. The highest BCUT2D eigenvalue weighted by Crippen LogP contribution is 2.24. The minimum Gasteiger partial charge on any atom is -0.489 e. The number of rotatable bonds is 8. The molecular weight excluding hydrogens is 450 g/mol. The van der Waals surface area contributed by atoms with Crippen LogP contribution in [0.5, 0.6) is 11.5 Å². The number of methoxy groups -OCH3 is 1. The summed E-state index contributed by atoms with van der Waals surface area (Å²) in [5.74, 6) is 1.04. The molecule has 0 spiro atoms. The van der Waals surface area contributed by atoms with Gasteiger partial charge in [-0.05, 0) is 59.2 Å². The topological polar surface area (TPSA) is 57.7 Å². The second kappa shape index (κ2) is 10.7. The van der Waals surface area contributed by atoms with Gasteiger partial charge in [-0.1, -0.05) is 66.7 Å². The highest BCUT2D eigenvalue weighted by atomic mass is 16.5. The van der Waals surface area contributed by atoms with Gasteiger partial charge in [0.05, 0.1) is 23.9 Å². The van der Waals surface area contributed by atoms with Gasteiger partial charge in [0.1, 0.15) is 24.7 Å². The van der Waals surface area contributed by atoms with Crippen molar-refractivity contribution in [2.24, 2.45) is 0 Å². The smallest absolute Gasteiger partial charge is 0.337 e. The van der Waals surface area contributed by atoms with Crippen molar-refractivity contribution in [3.8, 4) is 22.6 Å². The first-order valence-electron chi connectivity index (χ1n) is 11.7. The molecule has 0 aliphatic heterocycles. The molecule has 36 heavy (non-hydrogen) atoms. The maximum absolute atomic E-state index is 11.7. The van der Waals surface area contributed by atoms with Crippen LogP contribution in [-0.4, -0.2) is 18.1 Å². The van der Waals surface area contributed by atoms with Crippen LogP contribution in [0.4, 0.5) is 0 Å². The molecule has 0 fully saturated rings. The first-order chi connectivity index (χ1) is 17.7. The van der Waals surface area contributed by atoms with Crippen molar-refractivity contribution in [1.82, 2.24) is 4.98 Å². The van der Waals surface area contributed by atoms with Gasteiger partial charge in [0.2, 0.25) is 0 Å². The maximum atomic E-state index is 11.7. The standard InChI is InChI=1S/C31H25NO4/c1-34-31(33)26-6-4-7-29(19-26)35-20-22-9-11-23(12-10-22)24-14-17-28(18-15-24)36-21-27-16-13-25-5-2-3-8-30(25)32-27/h2-19H,20-21H2,1H3. The Morgan fingerprint density at radius 2 is 1.42 bits per heavy atom. The summed E-state index contributed by atoms with van der Waals surface area (Å²) in [7, 11) is 1.36. The zero-order valence-electron chi connectivity index (χ0n) is 19.9. The average Bonchev–Trinajstić information content (AvgIpc) is 2.95. The van der Waals surface area contributed by atoms with E-state index in [9.17, 15) is 4.79 Å². The van der Waals surface area contributed by atoms with Crippen LogP contribution in [0.1, 0.15) is 21.6 Å². The van der Waals surface area contributed by atoms with Crippen molar-refractivity contribution in [3.63, 3.8) is 0 Å². The van der Waals surface area contributed by atoms with Crippen LogP contribution in [-0.2, 0) is 18.0 Å². The highest BCUT2D eigenvalue weighted by molar-refractivity contribution is 5.89. The largest absolute Gasteiger partial charge is 0.489 e. The Balaban J connectivity index is 1.17. The van der Waals surface area contributed by atoms with Gasteiger partial charge in [-0.25, -0.2) is 9.78 Å². The van der Waals surface area contributed by atoms with Crippen molar-refractivity contribution < 1.29 is 19.0 Å². The third-order valence-electron chi connectivity index (χ3n) is 5.85. The number of pyridine rings is 1. The van der Waals surface area contributed by atoms with E-state index in [2.05, 4.69) is 29.2 Å². The number of carbonyl (C=O) groups is 1. The van der Waals surface area contributed by atoms with E-state index in [-0.39, 0.29) is 5.97 Å². The first kappa shape index (κ1) is 23.1. The molecule has 5 nitrogen and oxygen atoms in total. The van der Waals surface area contributed by atoms with Crippen molar-refractivity contribution in [3.05, 3.63) is 126 Å². The Hall–Kier alpha value is -4.64. The van der Waals surface area contributed by atoms with Crippen LogP contribution in [0.3, 0.4) is 0 Å². The number of aromatic nitrogens is 1. The molecule has 0 aliphatic rings. The Kier molecular flexibility index (Phi) is 6.90. The van der Waals surface area contributed by atoms with E-state index >= 15 is 0 Å². The van der Waals surface area contributed by atoms with Gasteiger partial charge in [0.15, 0.2) is 0 Å². The summed E-state index contributed by atoms with van der Waals surface area (Å²) < 4.78 is 16.6. The van der Waals surface area contributed by atoms with Crippen LogP contribution in [0.25, 0.3) is 22.0 Å². The molecule has 0 radical (unpaired) electrons. The lowest BCUT2D eigenvalue weighted by molar-refractivity contribution is 0.0600. The van der Waals surface area contributed by atoms with Gasteiger partial charge in [0, 0.05) is 5.39 Å². The van der Waals surface area contributed by atoms with Gasteiger partial charge >= 0.3 is 5.97 Å². The normalized spacial score (nSPS) is 10.7. The number of hydrogen-bond acceptors (Lipinski definition) is 5. The second-order valence-corrected chi connectivity index (χ2v) is 8.31. The summed E-state index contributed by atoms with van der Waals surface area (Å²) in [5, 5.41) is 1.12. The fourth-order valence-corrected chi connectivity index (χ4v) is 3.88. The summed E-state index contributed by atoms with van der Waals surface area (Å²) in [6, 6.07) is 35.4. The van der Waals surface area contributed by atoms with Crippen molar-refractivity contribution in [1.29, 1.82) is 0 Å². The van der Waals surface area contributed by atoms with Crippen LogP contribution >= 0.6 is 0 Å². The minimum atomic E-state index is -0.383. The van der Waals surface area contributed by atoms with Crippen molar-refractivity contribution in [2.45, 2.75) is 13.2 Å². The van der Waals surface area contributed by atoms with E-state index < -0.39 is 0 Å². The fourth-order valence-electron chi connectivity index (χ4n) is 3.88. The molecule has 0 bridgehead atoms. The first-order valence-corrected chi connectivity index (χ1v) is 11.7. The quantitative estimate of drug-likeness (QED) is 0.230. The SMILES string of the molecule is COC(=O)c1cccc(OCc2ccc(-c3ccc(OCc4ccc5ccccc5n4)cc3)cc2)c1. The minimum absolute atomic E-state index is 0.383. The molecule has 178 valence electrons. The predicted molar refractivity (Wildman–Crippen MR) is 140 cm³/mol. The summed E-state index contributed by atoms with van der Waals surface area (Å²) in [6.07, 6.45) is 0. The lowest BCUT2D eigenvalue weighted by Gasteiger charge is -2.10. The average molecular weight is 476 g/mol. The molecule has 0 saturated carbocycles. The molecule has 0 atom stereocenters. The molecule has 0 aliphatic carbocycles. The van der Waals surface area contributed by atoms with Gasteiger partial charge in [0.25, 0.3) is 0 Å². The fraction of sp³-hybridized carbons (Fsp3) is 0.0968. The number of para-hydroxylation sites is 1. The summed E-state index contributed by atoms with van der Waals surface area (Å²) in [4.78, 5) is 16.3. The van der Waals surface area contributed by atoms with Crippen molar-refractivity contribution >= 4 is 16.9 Å². The van der Waals surface area contributed by atoms with E-state index in [0.717, 1.165) is 39.0 Å². The second-order valence-electron chi connectivity index (χ2n) is 8.31. The van der Waals surface area contributed by atoms with Crippen molar-refractivity contribution in [2.75, 3.05) is 7.11 Å². The predicted octanol–water partition coefficient (Wildman–Crippen LogP) is 6.85. The number of esters is 1. The molecule has 0 N–H and O–H groups in total. The molecular formula is C31H25NO4. The highest BCUT2D eigenvalue weighted by Gasteiger charge is 2.07. The monoisotopic (exact) mass is 475 g/mol. The van der Waals surface area contributed by atoms with E-state index in [0.29, 0.717) is 24.5 Å². The molecule has 1 heterocycles. The summed E-state index contributed by atoms with van der Waals surface area (Å²) >= 11 is 0. The molecule has 5 aromatic rings. The summed E-state index contributed by atoms with van der Waals surface area (Å²) in [6.45, 7) is 0.821. The van der Waals surface area contributed by atoms with Crippen LogP contribution < -0.4 is 9.47 Å². The van der Waals surface area contributed by atoms with Crippen LogP contribution in [0, 0.1) is 0 Å². The molecule has 0 saturated heterocycles. The molecule has 0 unspecified atom stereocenters. The Bertz CT molecular complexity index is 1480. The molecule has 4 aromatic carbocycles. The number of hydrogen-bond donors (Lipinski definition) is 0. The maximum Gasteiger partial charge on any atom is 0.337 e. The van der Waals surface area contributed by atoms with E-state index in [4.69, 9.17) is 14.2 Å². The van der Waals surface area contributed by atoms with Crippen LogP contribution in [0.15, 0.2) is 109 Å². The summed E-state index contributed by atoms with van der Waals surface area (Å²) in [5.41, 5.74) is 5.57.